The highest BCUT2D eigenvalue weighted by Gasteiger charge is 1.98. The van der Waals surface area contributed by atoms with Crippen molar-refractivity contribution in [3.63, 3.8) is 0 Å². The van der Waals surface area contributed by atoms with Gasteiger partial charge in [-0.1, -0.05) is 26.0 Å². The molecule has 1 heterocycles. The zero-order valence-electron chi connectivity index (χ0n) is 12.3. The van der Waals surface area contributed by atoms with Gasteiger partial charge in [-0.05, 0) is 52.5 Å². The fraction of sp³-hybridized carbons (Fsp3) is 0.412. The minimum absolute atomic E-state index is 0.690. The van der Waals surface area contributed by atoms with Crippen LogP contribution in [0.1, 0.15) is 25.0 Å². The molecule has 0 amide bonds. The van der Waals surface area contributed by atoms with Gasteiger partial charge in [0.15, 0.2) is 0 Å². The van der Waals surface area contributed by atoms with E-state index in [1.54, 1.807) is 11.3 Å². The zero-order chi connectivity index (χ0) is 14.2. The summed E-state index contributed by atoms with van der Waals surface area (Å²) in [6.45, 7) is 7.16. The normalized spacial score (nSPS) is 10.9. The second-order valence-corrected chi connectivity index (χ2v) is 6.18. The van der Waals surface area contributed by atoms with Crippen molar-refractivity contribution < 1.29 is 4.74 Å². The van der Waals surface area contributed by atoms with Gasteiger partial charge in [0.25, 0.3) is 0 Å². The molecule has 0 saturated carbocycles. The minimum Gasteiger partial charge on any atom is -0.493 e. The lowest BCUT2D eigenvalue weighted by Crippen LogP contribution is -2.18. The van der Waals surface area contributed by atoms with Crippen LogP contribution in [0.2, 0.25) is 0 Å². The Hall–Kier alpha value is -1.32. The van der Waals surface area contributed by atoms with Gasteiger partial charge in [0.2, 0.25) is 0 Å². The molecule has 20 heavy (non-hydrogen) atoms. The summed E-state index contributed by atoms with van der Waals surface area (Å²) >= 11 is 1.73. The molecule has 0 unspecified atom stereocenters. The molecule has 0 aliphatic carbocycles. The standard InChI is InChI=1S/C17H23NOS/c1-14(2)11-18-12-15-3-5-17(6-4-15)19-9-7-16-8-10-20-13-16/h3-6,8,10,13-14,18H,7,9,11-12H2,1-2H3. The van der Waals surface area contributed by atoms with Crippen molar-refractivity contribution in [1.82, 2.24) is 5.32 Å². The van der Waals surface area contributed by atoms with E-state index < -0.39 is 0 Å². The molecule has 3 heteroatoms. The zero-order valence-corrected chi connectivity index (χ0v) is 13.1. The Balaban J connectivity index is 1.71. The second-order valence-electron chi connectivity index (χ2n) is 5.40. The molecule has 0 aliphatic heterocycles. The molecular weight excluding hydrogens is 266 g/mol. The van der Waals surface area contributed by atoms with Crippen LogP contribution in [-0.2, 0) is 13.0 Å². The lowest BCUT2D eigenvalue weighted by atomic mass is 10.2. The molecule has 0 atom stereocenters. The van der Waals surface area contributed by atoms with Gasteiger partial charge < -0.3 is 10.1 Å². The molecule has 0 bridgehead atoms. The van der Waals surface area contributed by atoms with E-state index in [-0.39, 0.29) is 0 Å². The fourth-order valence-corrected chi connectivity index (χ4v) is 2.63. The molecule has 1 N–H and O–H groups in total. The van der Waals surface area contributed by atoms with Crippen LogP contribution in [-0.4, -0.2) is 13.2 Å². The molecule has 108 valence electrons. The SMILES string of the molecule is CC(C)CNCc1ccc(OCCc2ccsc2)cc1. The lowest BCUT2D eigenvalue weighted by molar-refractivity contribution is 0.322. The molecule has 2 aromatic rings. The van der Waals surface area contributed by atoms with E-state index in [1.807, 2.05) is 0 Å². The summed E-state index contributed by atoms with van der Waals surface area (Å²) in [6.07, 6.45) is 0.973. The summed E-state index contributed by atoms with van der Waals surface area (Å²) in [5, 5.41) is 7.72. The highest BCUT2D eigenvalue weighted by Crippen LogP contribution is 2.13. The first kappa shape index (κ1) is 15.1. The van der Waals surface area contributed by atoms with Crippen LogP contribution < -0.4 is 10.1 Å². The Bertz CT molecular complexity index is 476. The minimum atomic E-state index is 0.690. The van der Waals surface area contributed by atoms with Crippen LogP contribution in [0.15, 0.2) is 41.1 Å². The van der Waals surface area contributed by atoms with Crippen molar-refractivity contribution in [2.75, 3.05) is 13.2 Å². The average molecular weight is 289 g/mol. The Morgan fingerprint density at radius 1 is 1.10 bits per heavy atom. The summed E-state index contributed by atoms with van der Waals surface area (Å²) in [5.74, 6) is 1.64. The summed E-state index contributed by atoms with van der Waals surface area (Å²) in [4.78, 5) is 0. The van der Waals surface area contributed by atoms with E-state index in [4.69, 9.17) is 4.74 Å². The Labute approximate surface area is 125 Å². The number of benzene rings is 1. The molecule has 0 spiro atoms. The first-order valence-electron chi connectivity index (χ1n) is 7.17. The largest absolute Gasteiger partial charge is 0.493 e. The van der Waals surface area contributed by atoms with E-state index in [1.165, 1.54) is 11.1 Å². The van der Waals surface area contributed by atoms with Crippen LogP contribution in [0.25, 0.3) is 0 Å². The van der Waals surface area contributed by atoms with Gasteiger partial charge in [0.05, 0.1) is 6.61 Å². The van der Waals surface area contributed by atoms with Crippen molar-refractivity contribution >= 4 is 11.3 Å². The third-order valence-electron chi connectivity index (χ3n) is 3.04. The quantitative estimate of drug-likeness (QED) is 0.789. The molecule has 1 aromatic heterocycles. The van der Waals surface area contributed by atoms with Crippen molar-refractivity contribution in [3.05, 3.63) is 52.2 Å². The Morgan fingerprint density at radius 3 is 2.55 bits per heavy atom. The Kier molecular flexibility index (Phi) is 6.09. The number of nitrogens with one attached hydrogen (secondary N) is 1. The van der Waals surface area contributed by atoms with Crippen LogP contribution >= 0.6 is 11.3 Å². The summed E-state index contributed by atoms with van der Waals surface area (Å²) < 4.78 is 5.76. The first-order valence-corrected chi connectivity index (χ1v) is 8.12. The lowest BCUT2D eigenvalue weighted by Gasteiger charge is -2.09. The molecule has 2 rings (SSSR count). The summed E-state index contributed by atoms with van der Waals surface area (Å²) in [6, 6.07) is 10.5. The number of thiophene rings is 1. The van der Waals surface area contributed by atoms with Gasteiger partial charge in [0.1, 0.15) is 5.75 Å². The smallest absolute Gasteiger partial charge is 0.119 e. The average Bonchev–Trinajstić information content (AvgIpc) is 2.93. The van der Waals surface area contributed by atoms with Gasteiger partial charge in [-0.25, -0.2) is 0 Å². The van der Waals surface area contributed by atoms with Crippen molar-refractivity contribution in [3.8, 4) is 5.75 Å². The van der Waals surface area contributed by atoms with E-state index in [0.717, 1.165) is 31.9 Å². The molecular formula is C17H23NOS. The monoisotopic (exact) mass is 289 g/mol. The molecule has 1 aromatic carbocycles. The van der Waals surface area contributed by atoms with Crippen LogP contribution in [0, 0.1) is 5.92 Å². The number of ether oxygens (including phenoxy) is 1. The van der Waals surface area contributed by atoms with Crippen LogP contribution in [0.5, 0.6) is 5.75 Å². The number of rotatable bonds is 8. The van der Waals surface area contributed by atoms with Gasteiger partial charge in [-0.15, -0.1) is 0 Å². The Morgan fingerprint density at radius 2 is 1.90 bits per heavy atom. The topological polar surface area (TPSA) is 21.3 Å². The fourth-order valence-electron chi connectivity index (χ4n) is 1.93. The first-order chi connectivity index (χ1) is 9.74. The second kappa shape index (κ2) is 8.08. The molecule has 0 aliphatic rings. The number of hydrogen-bond donors (Lipinski definition) is 1. The van der Waals surface area contributed by atoms with Crippen LogP contribution in [0.4, 0.5) is 0 Å². The van der Waals surface area contributed by atoms with Crippen molar-refractivity contribution in [2.24, 2.45) is 5.92 Å². The molecule has 0 radical (unpaired) electrons. The maximum atomic E-state index is 5.76. The van der Waals surface area contributed by atoms with Gasteiger partial charge in [-0.2, -0.15) is 11.3 Å². The van der Waals surface area contributed by atoms with E-state index >= 15 is 0 Å². The highest BCUT2D eigenvalue weighted by molar-refractivity contribution is 7.07. The van der Waals surface area contributed by atoms with Gasteiger partial charge in [0, 0.05) is 13.0 Å². The van der Waals surface area contributed by atoms with Crippen molar-refractivity contribution in [1.29, 1.82) is 0 Å². The van der Waals surface area contributed by atoms with Crippen molar-refractivity contribution in [2.45, 2.75) is 26.8 Å². The summed E-state index contributed by atoms with van der Waals surface area (Å²) in [7, 11) is 0. The third-order valence-corrected chi connectivity index (χ3v) is 3.78. The summed E-state index contributed by atoms with van der Waals surface area (Å²) in [5.41, 5.74) is 2.65. The molecule has 0 saturated heterocycles. The van der Waals surface area contributed by atoms with Gasteiger partial charge >= 0.3 is 0 Å². The molecule has 2 nitrogen and oxygen atoms in total. The van der Waals surface area contributed by atoms with Crippen LogP contribution in [0.3, 0.4) is 0 Å². The van der Waals surface area contributed by atoms with E-state index in [0.29, 0.717) is 5.92 Å². The predicted molar refractivity (Wildman–Crippen MR) is 86.5 cm³/mol. The molecule has 0 fully saturated rings. The van der Waals surface area contributed by atoms with E-state index in [9.17, 15) is 0 Å². The highest BCUT2D eigenvalue weighted by atomic mass is 32.1. The third kappa shape index (κ3) is 5.35. The predicted octanol–water partition coefficient (Wildman–Crippen LogP) is 4.12. The van der Waals surface area contributed by atoms with E-state index in [2.05, 4.69) is 60.3 Å². The maximum absolute atomic E-state index is 5.76. The maximum Gasteiger partial charge on any atom is 0.119 e. The number of hydrogen-bond acceptors (Lipinski definition) is 3. The van der Waals surface area contributed by atoms with Gasteiger partial charge in [-0.3, -0.25) is 0 Å².